The predicted octanol–water partition coefficient (Wildman–Crippen LogP) is 2.40. The Bertz CT molecular complexity index is 567. The highest BCUT2D eigenvalue weighted by molar-refractivity contribution is 5.77. The number of allylic oxidation sites excluding steroid dienone is 1. The molecule has 1 fully saturated rings. The highest BCUT2D eigenvalue weighted by Crippen LogP contribution is 2.26. The zero-order valence-corrected chi connectivity index (χ0v) is 14.1. The van der Waals surface area contributed by atoms with Crippen molar-refractivity contribution in [3.63, 3.8) is 0 Å². The van der Waals surface area contributed by atoms with Gasteiger partial charge in [0.05, 0.1) is 6.54 Å². The lowest BCUT2D eigenvalue weighted by molar-refractivity contribution is -0.139. The molecule has 24 heavy (non-hydrogen) atoms. The van der Waals surface area contributed by atoms with E-state index in [0.717, 1.165) is 18.4 Å². The molecule has 130 valence electrons. The third-order valence-electron chi connectivity index (χ3n) is 4.66. The number of carboxylic acids is 1. The van der Waals surface area contributed by atoms with Crippen molar-refractivity contribution in [1.82, 2.24) is 10.2 Å². The molecule has 0 saturated heterocycles. The number of amides is 1. The number of benzene rings is 1. The van der Waals surface area contributed by atoms with E-state index in [9.17, 15) is 9.59 Å². The summed E-state index contributed by atoms with van der Waals surface area (Å²) in [6.45, 7) is 6.57. The van der Waals surface area contributed by atoms with Gasteiger partial charge in [-0.3, -0.25) is 14.5 Å². The molecule has 0 aliphatic heterocycles. The lowest BCUT2D eigenvalue weighted by Gasteiger charge is -2.42. The van der Waals surface area contributed by atoms with Crippen LogP contribution in [0.1, 0.15) is 37.7 Å². The van der Waals surface area contributed by atoms with E-state index >= 15 is 0 Å². The Morgan fingerprint density at radius 3 is 2.58 bits per heavy atom. The van der Waals surface area contributed by atoms with Gasteiger partial charge in [0, 0.05) is 24.4 Å². The smallest absolute Gasteiger partial charge is 0.317 e. The number of aliphatic carboxylic acids is 1. The molecule has 1 atom stereocenters. The first-order chi connectivity index (χ1) is 11.5. The minimum absolute atomic E-state index is 0.0150. The summed E-state index contributed by atoms with van der Waals surface area (Å²) in [6, 6.07) is 10.3. The number of hydrogen-bond donors (Lipinski definition) is 2. The van der Waals surface area contributed by atoms with Crippen LogP contribution in [-0.4, -0.2) is 47.1 Å². The van der Waals surface area contributed by atoms with E-state index < -0.39 is 5.97 Å². The van der Waals surface area contributed by atoms with Gasteiger partial charge in [0.25, 0.3) is 0 Å². The average Bonchev–Trinajstić information content (AvgIpc) is 2.54. The largest absolute Gasteiger partial charge is 0.480 e. The SMILES string of the molecule is C=CC(CC(=O)NC1CC(N(CC)CC(=O)O)C1)c1ccccc1. The van der Waals surface area contributed by atoms with Crippen molar-refractivity contribution in [3.05, 3.63) is 48.6 Å². The topological polar surface area (TPSA) is 69.6 Å². The van der Waals surface area contributed by atoms with Crippen molar-refractivity contribution in [2.75, 3.05) is 13.1 Å². The molecule has 1 unspecified atom stereocenters. The molecule has 1 amide bonds. The molecule has 2 N–H and O–H groups in total. The summed E-state index contributed by atoms with van der Waals surface area (Å²) in [4.78, 5) is 25.0. The lowest BCUT2D eigenvalue weighted by Crippen LogP contribution is -2.54. The van der Waals surface area contributed by atoms with Gasteiger partial charge in [-0.2, -0.15) is 0 Å². The van der Waals surface area contributed by atoms with Crippen LogP contribution in [0.3, 0.4) is 0 Å². The van der Waals surface area contributed by atoms with Gasteiger partial charge in [-0.1, -0.05) is 43.3 Å². The maximum atomic E-state index is 12.2. The number of nitrogens with one attached hydrogen (secondary N) is 1. The minimum atomic E-state index is -0.805. The predicted molar refractivity (Wildman–Crippen MR) is 93.8 cm³/mol. The number of nitrogens with zero attached hydrogens (tertiary/aromatic N) is 1. The molecular formula is C19H26N2O3. The van der Waals surface area contributed by atoms with E-state index in [0.29, 0.717) is 13.0 Å². The number of carbonyl (C=O) groups excluding carboxylic acids is 1. The van der Waals surface area contributed by atoms with Gasteiger partial charge in [0.15, 0.2) is 0 Å². The van der Waals surface area contributed by atoms with Crippen LogP contribution in [0.5, 0.6) is 0 Å². The van der Waals surface area contributed by atoms with E-state index in [-0.39, 0.29) is 30.5 Å². The Morgan fingerprint density at radius 1 is 1.38 bits per heavy atom. The maximum Gasteiger partial charge on any atom is 0.317 e. The number of hydrogen-bond acceptors (Lipinski definition) is 3. The summed E-state index contributed by atoms with van der Waals surface area (Å²) in [5.74, 6) is -0.768. The minimum Gasteiger partial charge on any atom is -0.480 e. The molecule has 0 spiro atoms. The summed E-state index contributed by atoms with van der Waals surface area (Å²) >= 11 is 0. The average molecular weight is 330 g/mol. The van der Waals surface area contributed by atoms with Crippen molar-refractivity contribution < 1.29 is 14.7 Å². The monoisotopic (exact) mass is 330 g/mol. The third kappa shape index (κ3) is 4.93. The molecule has 0 aromatic heterocycles. The van der Waals surface area contributed by atoms with Crippen molar-refractivity contribution in [2.24, 2.45) is 0 Å². The van der Waals surface area contributed by atoms with Crippen LogP contribution in [0.25, 0.3) is 0 Å². The molecular weight excluding hydrogens is 304 g/mol. The van der Waals surface area contributed by atoms with E-state index in [1.807, 2.05) is 48.2 Å². The number of carbonyl (C=O) groups is 2. The van der Waals surface area contributed by atoms with Crippen molar-refractivity contribution in [2.45, 2.75) is 44.2 Å². The van der Waals surface area contributed by atoms with Crippen LogP contribution in [0.15, 0.2) is 43.0 Å². The second kappa shape index (κ2) is 8.64. The molecule has 2 rings (SSSR count). The fourth-order valence-corrected chi connectivity index (χ4v) is 3.20. The van der Waals surface area contributed by atoms with Crippen LogP contribution in [0, 0.1) is 0 Å². The summed E-state index contributed by atoms with van der Waals surface area (Å²) in [5.41, 5.74) is 1.09. The Balaban J connectivity index is 1.78. The standard InChI is InChI=1S/C19H26N2O3/c1-3-14(15-8-6-5-7-9-15)10-18(22)20-16-11-17(12-16)21(4-2)13-19(23)24/h3,5-9,14,16-17H,1,4,10-13H2,2H3,(H,20,22)(H,23,24). The van der Waals surface area contributed by atoms with Crippen LogP contribution in [-0.2, 0) is 9.59 Å². The normalized spacial score (nSPS) is 20.9. The van der Waals surface area contributed by atoms with Gasteiger partial charge in [0.2, 0.25) is 5.91 Å². The Morgan fingerprint density at radius 2 is 2.04 bits per heavy atom. The maximum absolute atomic E-state index is 12.2. The highest BCUT2D eigenvalue weighted by atomic mass is 16.4. The molecule has 0 bridgehead atoms. The number of rotatable bonds is 9. The molecule has 0 radical (unpaired) electrons. The fourth-order valence-electron chi connectivity index (χ4n) is 3.20. The number of carboxylic acid groups (broad SMARTS) is 1. The van der Waals surface area contributed by atoms with Crippen molar-refractivity contribution in [3.8, 4) is 0 Å². The second-order valence-electron chi connectivity index (χ2n) is 6.30. The van der Waals surface area contributed by atoms with Gasteiger partial charge in [-0.15, -0.1) is 6.58 Å². The van der Waals surface area contributed by atoms with E-state index in [4.69, 9.17) is 5.11 Å². The molecule has 5 heteroatoms. The van der Waals surface area contributed by atoms with Gasteiger partial charge in [0.1, 0.15) is 0 Å². The molecule has 1 aromatic rings. The molecule has 5 nitrogen and oxygen atoms in total. The van der Waals surface area contributed by atoms with Crippen LogP contribution in [0.4, 0.5) is 0 Å². The van der Waals surface area contributed by atoms with E-state index in [1.54, 1.807) is 0 Å². The molecule has 1 saturated carbocycles. The highest BCUT2D eigenvalue weighted by Gasteiger charge is 2.34. The molecule has 0 heterocycles. The Labute approximate surface area is 143 Å². The first kappa shape index (κ1) is 18.2. The van der Waals surface area contributed by atoms with Crippen molar-refractivity contribution in [1.29, 1.82) is 0 Å². The third-order valence-corrected chi connectivity index (χ3v) is 4.66. The summed E-state index contributed by atoms with van der Waals surface area (Å²) in [5, 5.41) is 12.0. The van der Waals surface area contributed by atoms with Gasteiger partial charge < -0.3 is 10.4 Å². The summed E-state index contributed by atoms with van der Waals surface area (Å²) in [7, 11) is 0. The van der Waals surface area contributed by atoms with Gasteiger partial charge in [-0.25, -0.2) is 0 Å². The number of likely N-dealkylation sites (N-methyl/N-ethyl adjacent to an activating group) is 1. The molecule has 1 aromatic carbocycles. The first-order valence-electron chi connectivity index (χ1n) is 8.46. The quantitative estimate of drug-likeness (QED) is 0.682. The van der Waals surface area contributed by atoms with Crippen LogP contribution < -0.4 is 5.32 Å². The summed E-state index contributed by atoms with van der Waals surface area (Å²) < 4.78 is 0. The fraction of sp³-hybridized carbons (Fsp3) is 0.474. The zero-order valence-electron chi connectivity index (χ0n) is 14.1. The first-order valence-corrected chi connectivity index (χ1v) is 8.46. The van der Waals surface area contributed by atoms with Crippen LogP contribution >= 0.6 is 0 Å². The van der Waals surface area contributed by atoms with Crippen molar-refractivity contribution >= 4 is 11.9 Å². The lowest BCUT2D eigenvalue weighted by atomic mass is 9.85. The zero-order chi connectivity index (χ0) is 17.5. The second-order valence-corrected chi connectivity index (χ2v) is 6.30. The molecule has 1 aliphatic carbocycles. The van der Waals surface area contributed by atoms with E-state index in [1.165, 1.54) is 0 Å². The van der Waals surface area contributed by atoms with E-state index in [2.05, 4.69) is 11.9 Å². The summed E-state index contributed by atoms with van der Waals surface area (Å²) in [6.07, 6.45) is 3.83. The Kier molecular flexibility index (Phi) is 6.55. The Hall–Kier alpha value is -2.14. The van der Waals surface area contributed by atoms with Gasteiger partial charge >= 0.3 is 5.97 Å². The van der Waals surface area contributed by atoms with Gasteiger partial charge in [-0.05, 0) is 24.9 Å². The van der Waals surface area contributed by atoms with Crippen LogP contribution in [0.2, 0.25) is 0 Å². The molecule has 1 aliphatic rings.